The Hall–Kier alpha value is -2.89. The summed E-state index contributed by atoms with van der Waals surface area (Å²) in [6.07, 6.45) is -5.55. The highest BCUT2D eigenvalue weighted by molar-refractivity contribution is 7.07. The average Bonchev–Trinajstić information content (AvgIpc) is 3.38. The van der Waals surface area contributed by atoms with Gasteiger partial charge in [-0.25, -0.2) is 13.8 Å². The lowest BCUT2D eigenvalue weighted by Gasteiger charge is -2.35. The minimum Gasteiger partial charge on any atom is -0.372 e. The number of aliphatic hydroxyl groups is 1. The number of rotatable bonds is 6. The van der Waals surface area contributed by atoms with Crippen LogP contribution in [0.1, 0.15) is 28.5 Å². The molecule has 2 aromatic carbocycles. The molecular formula is C25H24F5N3O2S. The van der Waals surface area contributed by atoms with E-state index < -0.39 is 23.3 Å². The molecule has 0 saturated carbocycles. The number of hydrogen-bond acceptors (Lipinski definition) is 5. The van der Waals surface area contributed by atoms with Crippen molar-refractivity contribution >= 4 is 17.2 Å². The minimum absolute atomic E-state index is 0.0474. The number of nitrogens with zero attached hydrogens (tertiary/aromatic N) is 3. The van der Waals surface area contributed by atoms with Crippen LogP contribution in [-0.2, 0) is 12.1 Å². The van der Waals surface area contributed by atoms with Crippen molar-refractivity contribution in [1.29, 1.82) is 0 Å². The maximum absolute atomic E-state index is 13.7. The van der Waals surface area contributed by atoms with E-state index in [9.17, 15) is 31.9 Å². The first-order valence-electron chi connectivity index (χ1n) is 11.2. The summed E-state index contributed by atoms with van der Waals surface area (Å²) < 4.78 is 67.4. The van der Waals surface area contributed by atoms with Crippen LogP contribution < -0.4 is 0 Å². The van der Waals surface area contributed by atoms with Crippen LogP contribution in [0.3, 0.4) is 0 Å². The number of aromatic nitrogens is 1. The second-order valence-electron chi connectivity index (χ2n) is 8.81. The molecule has 2 heterocycles. The molecule has 1 amide bonds. The summed E-state index contributed by atoms with van der Waals surface area (Å²) in [5.41, 5.74) is -0.859. The van der Waals surface area contributed by atoms with Gasteiger partial charge in [-0.05, 0) is 22.3 Å². The van der Waals surface area contributed by atoms with E-state index in [1.54, 1.807) is 27.9 Å². The molecule has 0 bridgehead atoms. The molecule has 1 aliphatic heterocycles. The Morgan fingerprint density at radius 2 is 1.50 bits per heavy atom. The number of amides is 1. The summed E-state index contributed by atoms with van der Waals surface area (Å²) in [4.78, 5) is 20.5. The molecule has 3 aromatic rings. The number of carbonyl (C=O) groups excluding carboxylic acids is 1. The Morgan fingerprint density at radius 3 is 1.97 bits per heavy atom. The van der Waals surface area contributed by atoms with Gasteiger partial charge in [-0.3, -0.25) is 9.69 Å². The van der Waals surface area contributed by atoms with Crippen LogP contribution in [0.4, 0.5) is 22.0 Å². The highest BCUT2D eigenvalue weighted by Gasteiger charge is 2.67. The number of halogens is 5. The van der Waals surface area contributed by atoms with E-state index in [0.29, 0.717) is 49.5 Å². The quantitative estimate of drug-likeness (QED) is 0.451. The summed E-state index contributed by atoms with van der Waals surface area (Å²) in [5.74, 6) is -4.49. The molecule has 1 atom stereocenters. The molecular weight excluding hydrogens is 501 g/mol. The maximum Gasteiger partial charge on any atom is 0.427 e. The lowest BCUT2D eigenvalue weighted by molar-refractivity contribution is -0.335. The van der Waals surface area contributed by atoms with Crippen molar-refractivity contribution in [2.24, 2.45) is 0 Å². The Kier molecular flexibility index (Phi) is 7.18. The van der Waals surface area contributed by atoms with Crippen molar-refractivity contribution in [3.05, 3.63) is 76.2 Å². The molecule has 36 heavy (non-hydrogen) atoms. The summed E-state index contributed by atoms with van der Waals surface area (Å²) in [5, 5.41) is 11.6. The van der Waals surface area contributed by atoms with E-state index >= 15 is 0 Å². The van der Waals surface area contributed by atoms with Gasteiger partial charge in [0.1, 0.15) is 5.69 Å². The average molecular weight is 526 g/mol. The van der Waals surface area contributed by atoms with Crippen molar-refractivity contribution in [2.75, 3.05) is 26.2 Å². The zero-order valence-corrected chi connectivity index (χ0v) is 20.1. The van der Waals surface area contributed by atoms with Gasteiger partial charge in [-0.1, -0.05) is 48.5 Å². The van der Waals surface area contributed by atoms with Gasteiger partial charge in [0.25, 0.3) is 11.8 Å². The van der Waals surface area contributed by atoms with Crippen molar-refractivity contribution in [3.8, 4) is 11.1 Å². The summed E-state index contributed by atoms with van der Waals surface area (Å²) in [6.45, 7) is 3.34. The Labute approximate surface area is 208 Å². The molecule has 0 spiro atoms. The first-order chi connectivity index (χ1) is 16.9. The van der Waals surface area contributed by atoms with Gasteiger partial charge in [0.15, 0.2) is 0 Å². The van der Waals surface area contributed by atoms with E-state index in [1.165, 1.54) is 23.5 Å². The van der Waals surface area contributed by atoms with Gasteiger partial charge in [0.05, 0.1) is 5.51 Å². The van der Waals surface area contributed by atoms with Gasteiger partial charge in [0, 0.05) is 45.0 Å². The minimum atomic E-state index is -5.55. The topological polar surface area (TPSA) is 56.7 Å². The number of benzene rings is 2. The molecule has 11 heteroatoms. The van der Waals surface area contributed by atoms with Crippen LogP contribution >= 0.6 is 11.3 Å². The molecule has 1 saturated heterocycles. The molecule has 1 N–H and O–H groups in total. The summed E-state index contributed by atoms with van der Waals surface area (Å²) in [6, 6.07) is 11.7. The fourth-order valence-corrected chi connectivity index (χ4v) is 4.75. The third kappa shape index (κ3) is 5.14. The van der Waals surface area contributed by atoms with E-state index in [2.05, 4.69) is 9.88 Å². The van der Waals surface area contributed by atoms with Gasteiger partial charge in [-0.15, -0.1) is 11.3 Å². The normalized spacial score (nSPS) is 17.1. The van der Waals surface area contributed by atoms with Gasteiger partial charge < -0.3 is 10.0 Å². The maximum atomic E-state index is 13.7. The molecule has 0 aliphatic carbocycles. The zero-order chi connectivity index (χ0) is 26.1. The van der Waals surface area contributed by atoms with Crippen LogP contribution in [0.2, 0.25) is 0 Å². The molecule has 192 valence electrons. The second-order valence-corrected chi connectivity index (χ2v) is 9.53. The lowest BCUT2D eigenvalue weighted by Crippen LogP contribution is -2.54. The smallest absolute Gasteiger partial charge is 0.372 e. The standard InChI is InChI=1S/C25H24F5N3O2S/c1-23(26,27)24(35,25(28,29)30)20-8-6-19(7-9-20)18-4-2-17(3-5-18)14-32-10-12-33(13-11-32)22(34)21-15-36-16-31-21/h2-9,15-16,35H,10-14H2,1H3. The number of alkyl halides is 5. The largest absolute Gasteiger partial charge is 0.427 e. The fourth-order valence-electron chi connectivity index (χ4n) is 4.22. The first-order valence-corrected chi connectivity index (χ1v) is 12.1. The van der Waals surface area contributed by atoms with Gasteiger partial charge in [-0.2, -0.15) is 13.2 Å². The number of piperazine rings is 1. The molecule has 4 rings (SSSR count). The molecule has 1 fully saturated rings. The lowest BCUT2D eigenvalue weighted by atomic mass is 9.86. The van der Waals surface area contributed by atoms with E-state index in [0.717, 1.165) is 17.7 Å². The molecule has 5 nitrogen and oxygen atoms in total. The van der Waals surface area contributed by atoms with Gasteiger partial charge in [0.2, 0.25) is 5.60 Å². The number of thiazole rings is 1. The zero-order valence-electron chi connectivity index (χ0n) is 19.3. The van der Waals surface area contributed by atoms with Crippen molar-refractivity contribution in [1.82, 2.24) is 14.8 Å². The monoisotopic (exact) mass is 525 g/mol. The van der Waals surface area contributed by atoms with Crippen molar-refractivity contribution in [2.45, 2.75) is 31.2 Å². The van der Waals surface area contributed by atoms with Crippen molar-refractivity contribution in [3.63, 3.8) is 0 Å². The third-order valence-corrected chi connectivity index (χ3v) is 6.94. The first kappa shape index (κ1) is 26.2. The van der Waals surface area contributed by atoms with Crippen LogP contribution in [0.15, 0.2) is 59.4 Å². The summed E-state index contributed by atoms with van der Waals surface area (Å²) >= 11 is 1.38. The fraction of sp³-hybridized carbons (Fsp3) is 0.360. The van der Waals surface area contributed by atoms with Crippen LogP contribution in [0.5, 0.6) is 0 Å². The number of carbonyl (C=O) groups is 1. The second kappa shape index (κ2) is 9.87. The van der Waals surface area contributed by atoms with Crippen molar-refractivity contribution < 1.29 is 31.9 Å². The predicted octanol–water partition coefficient (Wildman–Crippen LogP) is 5.17. The van der Waals surface area contributed by atoms with E-state index in [4.69, 9.17) is 0 Å². The highest BCUT2D eigenvalue weighted by Crippen LogP contribution is 2.49. The van der Waals surface area contributed by atoms with E-state index in [-0.39, 0.29) is 12.8 Å². The Morgan fingerprint density at radius 1 is 0.944 bits per heavy atom. The molecule has 1 unspecified atom stereocenters. The van der Waals surface area contributed by atoms with Crippen LogP contribution in [-0.4, -0.2) is 64.1 Å². The number of hydrogen-bond donors (Lipinski definition) is 1. The van der Waals surface area contributed by atoms with E-state index in [1.807, 2.05) is 12.1 Å². The van der Waals surface area contributed by atoms with Crippen LogP contribution in [0, 0.1) is 0 Å². The molecule has 1 aromatic heterocycles. The summed E-state index contributed by atoms with van der Waals surface area (Å²) in [7, 11) is 0. The third-order valence-electron chi connectivity index (χ3n) is 6.35. The Bertz CT molecular complexity index is 1150. The van der Waals surface area contributed by atoms with Crippen LogP contribution in [0.25, 0.3) is 11.1 Å². The SMILES string of the molecule is CC(F)(F)C(O)(c1ccc(-c2ccc(CN3CCN(C(=O)c4cscn4)CC3)cc2)cc1)C(F)(F)F. The Balaban J connectivity index is 1.39. The molecule has 0 radical (unpaired) electrons. The highest BCUT2D eigenvalue weighted by atomic mass is 32.1. The van der Waals surface area contributed by atoms with Gasteiger partial charge >= 0.3 is 6.18 Å². The predicted molar refractivity (Wildman–Crippen MR) is 126 cm³/mol. The molecule has 1 aliphatic rings.